The molecule has 0 spiro atoms. The third-order valence-corrected chi connectivity index (χ3v) is 3.92. The Morgan fingerprint density at radius 1 is 1.16 bits per heavy atom. The van der Waals surface area contributed by atoms with Crippen molar-refractivity contribution in [1.82, 2.24) is 4.90 Å². The summed E-state index contributed by atoms with van der Waals surface area (Å²) in [6.45, 7) is 8.13. The van der Waals surface area contributed by atoms with Crippen LogP contribution < -0.4 is 0 Å². The molecule has 1 unspecified atom stereocenters. The molecule has 102 valence electrons. The highest BCUT2D eigenvalue weighted by Crippen LogP contribution is 2.35. The van der Waals surface area contributed by atoms with Crippen LogP contribution in [0.25, 0.3) is 0 Å². The summed E-state index contributed by atoms with van der Waals surface area (Å²) in [4.78, 5) is 26.2. The van der Waals surface area contributed by atoms with Gasteiger partial charge < -0.3 is 4.90 Å². The number of nitroso groups, excluding NO2 is 1. The van der Waals surface area contributed by atoms with E-state index in [0.717, 1.165) is 10.3 Å². The van der Waals surface area contributed by atoms with Crippen molar-refractivity contribution in [3.8, 4) is 0 Å². The highest BCUT2D eigenvalue weighted by molar-refractivity contribution is 5.73. The number of piperazine rings is 1. The smallest absolute Gasteiger partial charge is 0.250 e. The van der Waals surface area contributed by atoms with E-state index >= 15 is 0 Å². The Kier molecular flexibility index (Phi) is 3.20. The van der Waals surface area contributed by atoms with Crippen molar-refractivity contribution in [2.24, 2.45) is 0 Å². The van der Waals surface area contributed by atoms with Gasteiger partial charge in [-0.3, -0.25) is 4.79 Å². The monoisotopic (exact) mass is 261 g/mol. The lowest BCUT2D eigenvalue weighted by Gasteiger charge is -2.40. The lowest BCUT2D eigenvalue weighted by Crippen LogP contribution is -2.63. The van der Waals surface area contributed by atoms with Crippen LogP contribution in [0.5, 0.6) is 0 Å². The molecule has 1 amide bonds. The molecule has 0 N–H and O–H groups in total. The lowest BCUT2D eigenvalue weighted by molar-refractivity contribution is -0.703. The Labute approximate surface area is 114 Å². The Balaban J connectivity index is 2.48. The summed E-state index contributed by atoms with van der Waals surface area (Å²) in [6, 6.07) is 9.68. The quantitative estimate of drug-likeness (QED) is 0.728. The third kappa shape index (κ3) is 2.27. The summed E-state index contributed by atoms with van der Waals surface area (Å²) in [5, 5.41) is 0. The molecule has 1 saturated heterocycles. The fourth-order valence-electron chi connectivity index (χ4n) is 2.92. The highest BCUT2D eigenvalue weighted by Gasteiger charge is 2.57. The van der Waals surface area contributed by atoms with Crippen molar-refractivity contribution in [2.75, 3.05) is 13.1 Å². The van der Waals surface area contributed by atoms with E-state index in [0.29, 0.717) is 13.1 Å². The number of carbonyl (C=O) groups is 1. The summed E-state index contributed by atoms with van der Waals surface area (Å²) in [7, 11) is 0. The van der Waals surface area contributed by atoms with Crippen LogP contribution in [0.4, 0.5) is 0 Å². The molecule has 4 heteroatoms. The summed E-state index contributed by atoms with van der Waals surface area (Å²) in [5.41, 5.74) is -0.340. The first-order chi connectivity index (χ1) is 8.77. The molecule has 1 aromatic carbocycles. The number of benzene rings is 1. The van der Waals surface area contributed by atoms with Crippen LogP contribution in [0, 0.1) is 4.91 Å². The molecule has 4 nitrogen and oxygen atoms in total. The summed E-state index contributed by atoms with van der Waals surface area (Å²) >= 11 is 0. The molecule has 1 fully saturated rings. The van der Waals surface area contributed by atoms with Crippen LogP contribution in [0.15, 0.2) is 30.3 Å². The normalized spacial score (nSPS) is 26.3. The average molecular weight is 261 g/mol. The number of hydrogen-bond donors (Lipinski definition) is 0. The van der Waals surface area contributed by atoms with Gasteiger partial charge in [0.2, 0.25) is 11.4 Å². The van der Waals surface area contributed by atoms with Gasteiger partial charge in [-0.15, -0.1) is 0 Å². The number of nitrogens with zero attached hydrogens (tertiary/aromatic N) is 2. The van der Waals surface area contributed by atoms with Gasteiger partial charge in [-0.1, -0.05) is 30.3 Å². The molecule has 1 heterocycles. The predicted octanol–water partition coefficient (Wildman–Crippen LogP) is 2.32. The Morgan fingerprint density at radius 3 is 2.26 bits per heavy atom. The number of hydrogen-bond acceptors (Lipinski definition) is 2. The van der Waals surface area contributed by atoms with Gasteiger partial charge in [0, 0.05) is 42.9 Å². The molecule has 1 atom stereocenters. The van der Waals surface area contributed by atoms with Crippen LogP contribution in [-0.4, -0.2) is 34.2 Å². The van der Waals surface area contributed by atoms with Crippen LogP contribution >= 0.6 is 0 Å². The van der Waals surface area contributed by atoms with Gasteiger partial charge in [0.15, 0.2) is 0 Å². The van der Waals surface area contributed by atoms with Crippen molar-refractivity contribution in [3.05, 3.63) is 40.8 Å². The first kappa shape index (κ1) is 13.7. The molecule has 1 aliphatic rings. The van der Waals surface area contributed by atoms with E-state index < -0.39 is 11.1 Å². The molecule has 1 aliphatic heterocycles. The van der Waals surface area contributed by atoms with Crippen molar-refractivity contribution in [3.63, 3.8) is 0 Å². The molecule has 1 aromatic rings. The summed E-state index contributed by atoms with van der Waals surface area (Å²) in [6.07, 6.45) is 0. The molecule has 0 radical (unpaired) electrons. The number of rotatable bonds is 1. The molecule has 0 bridgehead atoms. The lowest BCUT2D eigenvalue weighted by atomic mass is 9.84. The van der Waals surface area contributed by atoms with E-state index in [-0.39, 0.29) is 5.91 Å². The van der Waals surface area contributed by atoms with E-state index in [9.17, 15) is 9.70 Å². The maximum Gasteiger partial charge on any atom is 0.250 e. The fraction of sp³-hybridized carbons (Fsp3) is 0.533. The van der Waals surface area contributed by atoms with Gasteiger partial charge in [0.1, 0.15) is 0 Å². The van der Waals surface area contributed by atoms with Gasteiger partial charge in [0.25, 0.3) is 5.54 Å². The number of carbonyl (C=O) groups excluding carboxylic acids is 1. The fourth-order valence-corrected chi connectivity index (χ4v) is 2.92. The van der Waals surface area contributed by atoms with Crippen LogP contribution in [0.2, 0.25) is 0 Å². The molecule has 0 saturated carbocycles. The minimum Gasteiger partial charge on any atom is -0.328 e. The second-order valence-corrected chi connectivity index (χ2v) is 6.12. The minimum absolute atomic E-state index is 0.0170. The number of amides is 1. The van der Waals surface area contributed by atoms with Crippen molar-refractivity contribution in [2.45, 2.75) is 38.8 Å². The van der Waals surface area contributed by atoms with E-state index in [1.54, 1.807) is 11.8 Å². The standard InChI is InChI=1S/C15H21N2O2/c1-12(18)16-10-14(2,3)17(19)15(4,11-16)13-8-6-5-7-9-13/h5-9H,10-11H2,1-4H3/q+1. The second kappa shape index (κ2) is 4.44. The zero-order valence-corrected chi connectivity index (χ0v) is 12.0. The van der Waals surface area contributed by atoms with Gasteiger partial charge in [-0.2, -0.15) is 0 Å². The third-order valence-electron chi connectivity index (χ3n) is 3.92. The highest BCUT2D eigenvalue weighted by atomic mass is 16.3. The second-order valence-electron chi connectivity index (χ2n) is 6.12. The first-order valence-corrected chi connectivity index (χ1v) is 6.56. The van der Waals surface area contributed by atoms with Crippen molar-refractivity contribution in [1.29, 1.82) is 0 Å². The van der Waals surface area contributed by atoms with Gasteiger partial charge in [0.05, 0.1) is 13.1 Å². The van der Waals surface area contributed by atoms with E-state index in [2.05, 4.69) is 0 Å². The minimum atomic E-state index is -0.700. The molecule has 2 rings (SSSR count). The van der Waals surface area contributed by atoms with Crippen LogP contribution in [0.3, 0.4) is 0 Å². The summed E-state index contributed by atoms with van der Waals surface area (Å²) in [5.74, 6) is 0.0170. The van der Waals surface area contributed by atoms with Crippen molar-refractivity contribution < 1.29 is 9.55 Å². The molecule has 0 aromatic heterocycles. The predicted molar refractivity (Wildman–Crippen MR) is 73.8 cm³/mol. The van der Waals surface area contributed by atoms with Gasteiger partial charge in [-0.25, -0.2) is 0 Å². The van der Waals surface area contributed by atoms with Gasteiger partial charge >= 0.3 is 0 Å². The van der Waals surface area contributed by atoms with E-state index in [4.69, 9.17) is 0 Å². The zero-order chi connectivity index (χ0) is 14.3. The average Bonchev–Trinajstić information content (AvgIpc) is 2.36. The van der Waals surface area contributed by atoms with E-state index in [1.807, 2.05) is 51.1 Å². The first-order valence-electron chi connectivity index (χ1n) is 6.56. The maximum absolute atomic E-state index is 12.7. The molecular weight excluding hydrogens is 240 g/mol. The Morgan fingerprint density at radius 2 is 1.74 bits per heavy atom. The molecular formula is C15H21N2O2+. The zero-order valence-electron chi connectivity index (χ0n) is 12.0. The molecule has 19 heavy (non-hydrogen) atoms. The maximum atomic E-state index is 12.7. The van der Waals surface area contributed by atoms with E-state index in [1.165, 1.54) is 0 Å². The van der Waals surface area contributed by atoms with Gasteiger partial charge in [-0.05, 0) is 0 Å². The largest absolute Gasteiger partial charge is 0.328 e. The Bertz CT molecular complexity index is 510. The molecule has 0 aliphatic carbocycles. The Hall–Kier alpha value is -1.71. The van der Waals surface area contributed by atoms with Crippen molar-refractivity contribution >= 4 is 5.91 Å². The SMILES string of the molecule is CC(=O)N1CC(C)(C)[N+](=O)C(C)(c2ccccc2)C1. The summed E-state index contributed by atoms with van der Waals surface area (Å²) < 4.78 is 1.15. The topological polar surface area (TPSA) is 40.4 Å². The van der Waals surface area contributed by atoms with Crippen LogP contribution in [0.1, 0.15) is 33.3 Å². The van der Waals surface area contributed by atoms with Crippen LogP contribution in [-0.2, 0) is 10.3 Å².